The molecule has 11 heteroatoms. The lowest BCUT2D eigenvalue weighted by molar-refractivity contribution is -0.384. The van der Waals surface area contributed by atoms with Crippen molar-refractivity contribution in [2.24, 2.45) is 0 Å². The predicted molar refractivity (Wildman–Crippen MR) is 125 cm³/mol. The van der Waals surface area contributed by atoms with Gasteiger partial charge in [-0.15, -0.1) is 0 Å². The molecule has 0 aliphatic carbocycles. The number of nitro benzene ring substituents is 1. The molecule has 0 spiro atoms. The number of nitrogens with zero attached hydrogens (tertiary/aromatic N) is 1. The van der Waals surface area contributed by atoms with Crippen molar-refractivity contribution in [2.75, 3.05) is 0 Å². The van der Waals surface area contributed by atoms with E-state index in [1.807, 2.05) is 0 Å². The molecule has 174 valence electrons. The molecule has 1 N–H and O–H groups in total. The van der Waals surface area contributed by atoms with Gasteiger partial charge in [-0.05, 0) is 65.9 Å². The van der Waals surface area contributed by atoms with E-state index in [9.17, 15) is 29.3 Å². The second-order valence-corrected chi connectivity index (χ2v) is 8.05. The van der Waals surface area contributed by atoms with Crippen LogP contribution in [0.15, 0.2) is 77.7 Å². The first-order valence-corrected chi connectivity index (χ1v) is 10.7. The molecule has 3 aromatic carbocycles. The minimum Gasteiger partial charge on any atom is -0.423 e. The van der Waals surface area contributed by atoms with Gasteiger partial charge >= 0.3 is 11.9 Å². The van der Waals surface area contributed by atoms with Crippen LogP contribution in [0.2, 0.25) is 0 Å². The van der Waals surface area contributed by atoms with E-state index in [2.05, 4.69) is 5.32 Å². The molecule has 1 fully saturated rings. The Bertz CT molecular complexity index is 1380. The highest BCUT2D eigenvalue weighted by molar-refractivity contribution is 8.18. The number of nitrogens with one attached hydrogen (secondary N) is 1. The van der Waals surface area contributed by atoms with E-state index in [0.29, 0.717) is 5.56 Å². The minimum absolute atomic E-state index is 0.0144. The van der Waals surface area contributed by atoms with Crippen LogP contribution in [0, 0.1) is 10.1 Å². The molecule has 10 nitrogen and oxygen atoms in total. The summed E-state index contributed by atoms with van der Waals surface area (Å²) in [7, 11) is 0. The van der Waals surface area contributed by atoms with Crippen molar-refractivity contribution in [1.29, 1.82) is 0 Å². The molecule has 1 aliphatic rings. The molecule has 2 amide bonds. The zero-order valence-corrected chi connectivity index (χ0v) is 18.4. The van der Waals surface area contributed by atoms with Crippen LogP contribution in [0.5, 0.6) is 11.5 Å². The maximum Gasteiger partial charge on any atom is 0.343 e. The zero-order valence-electron chi connectivity index (χ0n) is 17.6. The van der Waals surface area contributed by atoms with Gasteiger partial charge in [0.2, 0.25) is 0 Å². The van der Waals surface area contributed by atoms with Crippen LogP contribution in [-0.2, 0) is 4.79 Å². The first kappa shape index (κ1) is 23.4. The van der Waals surface area contributed by atoms with Gasteiger partial charge in [0.15, 0.2) is 0 Å². The number of ether oxygens (including phenoxy) is 2. The Morgan fingerprint density at radius 3 is 2.03 bits per heavy atom. The van der Waals surface area contributed by atoms with Gasteiger partial charge in [0, 0.05) is 12.1 Å². The maximum atomic E-state index is 12.4. The lowest BCUT2D eigenvalue weighted by atomic mass is 10.2. The summed E-state index contributed by atoms with van der Waals surface area (Å²) < 4.78 is 10.5. The standard InChI is InChI=1S/C24H14N2O8S/c27-21-20(35-24(30)25-21)12-14-4-8-18(9-5-14)33-22(28)15-6-10-19(11-7-15)34-23(29)16-2-1-3-17(13-16)26(31)32/h1-13H,(H,25,27,30)/b20-12-. The van der Waals surface area contributed by atoms with Crippen LogP contribution < -0.4 is 14.8 Å². The summed E-state index contributed by atoms with van der Waals surface area (Å²) in [5, 5.41) is 12.6. The fourth-order valence-electron chi connectivity index (χ4n) is 2.94. The van der Waals surface area contributed by atoms with Gasteiger partial charge in [-0.25, -0.2) is 9.59 Å². The number of thioether (sulfide) groups is 1. The van der Waals surface area contributed by atoms with Crippen molar-refractivity contribution in [2.45, 2.75) is 0 Å². The van der Waals surface area contributed by atoms with Crippen LogP contribution in [-0.4, -0.2) is 28.0 Å². The number of rotatable bonds is 6. The van der Waals surface area contributed by atoms with E-state index < -0.39 is 28.0 Å². The van der Waals surface area contributed by atoms with E-state index >= 15 is 0 Å². The average Bonchev–Trinajstić information content (AvgIpc) is 3.17. The van der Waals surface area contributed by atoms with Gasteiger partial charge < -0.3 is 9.47 Å². The van der Waals surface area contributed by atoms with E-state index in [-0.39, 0.29) is 33.2 Å². The number of carbonyl (C=O) groups excluding carboxylic acids is 4. The number of imide groups is 1. The summed E-state index contributed by atoms with van der Waals surface area (Å²) in [6, 6.07) is 17.1. The third kappa shape index (κ3) is 5.78. The van der Waals surface area contributed by atoms with Gasteiger partial charge in [-0.1, -0.05) is 18.2 Å². The molecule has 0 bridgehead atoms. The van der Waals surface area contributed by atoms with Crippen LogP contribution in [0.3, 0.4) is 0 Å². The number of amides is 2. The average molecular weight is 490 g/mol. The Morgan fingerprint density at radius 1 is 0.857 bits per heavy atom. The highest BCUT2D eigenvalue weighted by Crippen LogP contribution is 2.26. The Kier molecular flexibility index (Phi) is 6.69. The molecule has 0 radical (unpaired) electrons. The lowest BCUT2D eigenvalue weighted by Crippen LogP contribution is -2.17. The van der Waals surface area contributed by atoms with E-state index in [1.165, 1.54) is 42.5 Å². The van der Waals surface area contributed by atoms with Crippen LogP contribution in [0.1, 0.15) is 26.3 Å². The van der Waals surface area contributed by atoms with Gasteiger partial charge in [-0.3, -0.25) is 25.0 Å². The normalized spacial score (nSPS) is 13.9. The van der Waals surface area contributed by atoms with Crippen LogP contribution in [0.4, 0.5) is 10.5 Å². The minimum atomic E-state index is -0.781. The molecule has 1 aliphatic heterocycles. The number of hydrogen-bond acceptors (Lipinski definition) is 9. The predicted octanol–water partition coefficient (Wildman–Crippen LogP) is 4.36. The monoisotopic (exact) mass is 490 g/mol. The number of carbonyl (C=O) groups is 4. The fraction of sp³-hybridized carbons (Fsp3) is 0. The van der Waals surface area contributed by atoms with Gasteiger partial charge in [-0.2, -0.15) is 0 Å². The summed E-state index contributed by atoms with van der Waals surface area (Å²) in [5.41, 5.74) is 0.622. The molecular formula is C24H14N2O8S. The van der Waals surface area contributed by atoms with Crippen molar-refractivity contribution >= 4 is 46.6 Å². The van der Waals surface area contributed by atoms with Crippen molar-refractivity contribution in [1.82, 2.24) is 5.32 Å². The fourth-order valence-corrected chi connectivity index (χ4v) is 3.62. The van der Waals surface area contributed by atoms with Crippen molar-refractivity contribution in [3.05, 3.63) is 105 Å². The molecule has 1 heterocycles. The third-order valence-electron chi connectivity index (χ3n) is 4.62. The topological polar surface area (TPSA) is 142 Å². The SMILES string of the molecule is O=C1NC(=O)/C(=C/c2ccc(OC(=O)c3ccc(OC(=O)c4cccc([N+](=O)[O-])c4)cc3)cc2)S1. The Balaban J connectivity index is 1.37. The maximum absolute atomic E-state index is 12.4. The largest absolute Gasteiger partial charge is 0.423 e. The quantitative estimate of drug-likeness (QED) is 0.175. The van der Waals surface area contributed by atoms with E-state index in [4.69, 9.17) is 9.47 Å². The van der Waals surface area contributed by atoms with Crippen molar-refractivity contribution in [3.8, 4) is 11.5 Å². The van der Waals surface area contributed by atoms with Crippen LogP contribution in [0.25, 0.3) is 6.08 Å². The third-order valence-corrected chi connectivity index (χ3v) is 5.43. The van der Waals surface area contributed by atoms with Gasteiger partial charge in [0.1, 0.15) is 11.5 Å². The molecule has 0 aromatic heterocycles. The van der Waals surface area contributed by atoms with E-state index in [0.717, 1.165) is 17.8 Å². The smallest absolute Gasteiger partial charge is 0.343 e. The molecule has 0 saturated carbocycles. The second-order valence-electron chi connectivity index (χ2n) is 7.03. The molecular weight excluding hydrogens is 476 g/mol. The molecule has 0 unspecified atom stereocenters. The number of esters is 2. The van der Waals surface area contributed by atoms with E-state index in [1.54, 1.807) is 30.3 Å². The lowest BCUT2D eigenvalue weighted by Gasteiger charge is -2.07. The Hall–Kier alpha value is -4.77. The summed E-state index contributed by atoms with van der Waals surface area (Å²) in [6.45, 7) is 0. The number of benzene rings is 3. The summed E-state index contributed by atoms with van der Waals surface area (Å²) in [6.07, 6.45) is 1.55. The number of nitro groups is 1. The summed E-state index contributed by atoms with van der Waals surface area (Å²) in [4.78, 5) is 58.0. The zero-order chi connectivity index (χ0) is 24.9. The molecule has 3 aromatic rings. The summed E-state index contributed by atoms with van der Waals surface area (Å²) >= 11 is 0.804. The summed E-state index contributed by atoms with van der Waals surface area (Å²) in [5.74, 6) is -1.49. The second kappa shape index (κ2) is 10.0. The highest BCUT2D eigenvalue weighted by atomic mass is 32.2. The molecule has 0 atom stereocenters. The Labute approximate surface area is 201 Å². The van der Waals surface area contributed by atoms with Crippen molar-refractivity contribution in [3.63, 3.8) is 0 Å². The van der Waals surface area contributed by atoms with Crippen LogP contribution >= 0.6 is 11.8 Å². The molecule has 4 rings (SSSR count). The first-order chi connectivity index (χ1) is 16.8. The first-order valence-electron chi connectivity index (χ1n) is 9.92. The van der Waals surface area contributed by atoms with Crippen molar-refractivity contribution < 1.29 is 33.6 Å². The molecule has 35 heavy (non-hydrogen) atoms. The highest BCUT2D eigenvalue weighted by Gasteiger charge is 2.24. The molecule has 1 saturated heterocycles. The van der Waals surface area contributed by atoms with Gasteiger partial charge in [0.25, 0.3) is 16.8 Å². The number of non-ortho nitro benzene ring substituents is 1. The number of hydrogen-bond donors (Lipinski definition) is 1. The Morgan fingerprint density at radius 2 is 1.46 bits per heavy atom. The van der Waals surface area contributed by atoms with Gasteiger partial charge in [0.05, 0.1) is 21.0 Å².